The molecule has 0 fully saturated rings. The molecule has 0 aliphatic rings. The van der Waals surface area contributed by atoms with E-state index >= 15 is 0 Å². The molecule has 2 aromatic carbocycles. The van der Waals surface area contributed by atoms with Crippen LogP contribution >= 0.6 is 11.6 Å². The molecule has 2 rings (SSSR count). The van der Waals surface area contributed by atoms with Crippen molar-refractivity contribution in [3.05, 3.63) is 52.8 Å². The number of ether oxygens (including phenoxy) is 2. The second kappa shape index (κ2) is 12.5. The van der Waals surface area contributed by atoms with Crippen molar-refractivity contribution in [3.63, 3.8) is 0 Å². The summed E-state index contributed by atoms with van der Waals surface area (Å²) in [6.45, 7) is 6.39. The molecule has 0 saturated heterocycles. The Morgan fingerprint density at radius 1 is 1.10 bits per heavy atom. The summed E-state index contributed by atoms with van der Waals surface area (Å²) in [5, 5.41) is 3.03. The highest BCUT2D eigenvalue weighted by Crippen LogP contribution is 2.36. The number of para-hydroxylation sites is 2. The van der Waals surface area contributed by atoms with Gasteiger partial charge in [0.25, 0.3) is 5.91 Å². The number of rotatable bonds is 8. The highest BCUT2D eigenvalue weighted by Gasteiger charge is 2.22. The zero-order valence-corrected chi connectivity index (χ0v) is 19.6. The molecule has 2 aromatic rings. The molecule has 31 heavy (non-hydrogen) atoms. The minimum atomic E-state index is -4.07. The first-order chi connectivity index (χ1) is 14.6. The molecule has 0 bridgehead atoms. The van der Waals surface area contributed by atoms with Gasteiger partial charge in [0.05, 0.1) is 17.7 Å². The molecule has 0 unspecified atom stereocenters. The molecule has 0 radical (unpaired) electrons. The van der Waals surface area contributed by atoms with E-state index in [1.165, 1.54) is 21.2 Å². The molecular formula is C20H27ClFN3O5S. The van der Waals surface area contributed by atoms with Crippen LogP contribution in [0.3, 0.4) is 0 Å². The number of hydrogen-bond acceptors (Lipinski definition) is 6. The third-order valence-electron chi connectivity index (χ3n) is 3.76. The van der Waals surface area contributed by atoms with Crippen LogP contribution in [0.1, 0.15) is 24.2 Å². The number of carbonyl (C=O) groups is 1. The van der Waals surface area contributed by atoms with E-state index in [-0.39, 0.29) is 10.8 Å². The molecular weight excluding hydrogens is 449 g/mol. The fraction of sp³-hybridized carbons (Fsp3) is 0.350. The van der Waals surface area contributed by atoms with E-state index in [2.05, 4.69) is 19.2 Å². The van der Waals surface area contributed by atoms with Crippen molar-refractivity contribution < 1.29 is 27.1 Å². The van der Waals surface area contributed by atoms with Gasteiger partial charge in [-0.15, -0.1) is 0 Å². The van der Waals surface area contributed by atoms with Crippen molar-refractivity contribution in [3.8, 4) is 17.2 Å². The van der Waals surface area contributed by atoms with Gasteiger partial charge < -0.3 is 14.8 Å². The minimum absolute atomic E-state index is 0.0549. The molecule has 0 aromatic heterocycles. The van der Waals surface area contributed by atoms with Gasteiger partial charge in [-0.25, -0.2) is 9.11 Å². The van der Waals surface area contributed by atoms with Crippen LogP contribution in [-0.4, -0.2) is 52.9 Å². The first-order valence-corrected chi connectivity index (χ1v) is 11.1. The van der Waals surface area contributed by atoms with E-state index in [0.29, 0.717) is 11.5 Å². The Hall–Kier alpha value is -2.40. The largest absolute Gasteiger partial charge is 0.493 e. The van der Waals surface area contributed by atoms with Crippen molar-refractivity contribution in [2.75, 3.05) is 34.3 Å². The zero-order chi connectivity index (χ0) is 23.6. The molecule has 0 heterocycles. The summed E-state index contributed by atoms with van der Waals surface area (Å²) in [6, 6.07) is 8.54. The number of halogens is 2. The van der Waals surface area contributed by atoms with Crippen LogP contribution in [0.15, 0.2) is 36.4 Å². The van der Waals surface area contributed by atoms with E-state index in [1.54, 1.807) is 29.0 Å². The normalized spacial score (nSPS) is 10.8. The number of benzene rings is 2. The van der Waals surface area contributed by atoms with Crippen molar-refractivity contribution in [2.24, 2.45) is 0 Å². The Labute approximate surface area is 187 Å². The van der Waals surface area contributed by atoms with Crippen LogP contribution in [0, 0.1) is 5.82 Å². The van der Waals surface area contributed by atoms with Crippen LogP contribution in [-0.2, 0) is 10.2 Å². The van der Waals surface area contributed by atoms with Crippen LogP contribution in [0.2, 0.25) is 5.02 Å². The SMILES string of the molecule is CCNCC.COc1ccccc1Oc1cc(F)c(C(=O)NS(=O)(=O)N(C)C)cc1Cl. The molecule has 11 heteroatoms. The van der Waals surface area contributed by atoms with Crippen molar-refractivity contribution in [1.82, 2.24) is 14.3 Å². The van der Waals surface area contributed by atoms with Crippen molar-refractivity contribution >= 4 is 27.7 Å². The van der Waals surface area contributed by atoms with E-state index in [9.17, 15) is 17.6 Å². The molecule has 0 atom stereocenters. The highest BCUT2D eigenvalue weighted by atomic mass is 35.5. The summed E-state index contributed by atoms with van der Waals surface area (Å²) in [7, 11) is -0.169. The number of nitrogens with zero attached hydrogens (tertiary/aromatic N) is 1. The van der Waals surface area contributed by atoms with E-state index in [1.807, 2.05) is 0 Å². The second-order valence-corrected chi connectivity index (χ2v) is 8.48. The molecule has 172 valence electrons. The summed E-state index contributed by atoms with van der Waals surface area (Å²) in [4.78, 5) is 12.0. The van der Waals surface area contributed by atoms with E-state index in [4.69, 9.17) is 21.1 Å². The predicted octanol–water partition coefficient (Wildman–Crippen LogP) is 3.43. The summed E-state index contributed by atoms with van der Waals surface area (Å²) in [6.07, 6.45) is 0. The predicted molar refractivity (Wildman–Crippen MR) is 119 cm³/mol. The fourth-order valence-corrected chi connectivity index (χ4v) is 2.84. The van der Waals surface area contributed by atoms with E-state index in [0.717, 1.165) is 29.5 Å². The number of carbonyl (C=O) groups excluding carboxylic acids is 1. The van der Waals surface area contributed by atoms with Crippen molar-refractivity contribution in [1.29, 1.82) is 0 Å². The first-order valence-electron chi connectivity index (χ1n) is 9.32. The quantitative estimate of drug-likeness (QED) is 0.607. The third-order valence-corrected chi connectivity index (χ3v) is 5.46. The number of methoxy groups -OCH3 is 1. The average Bonchev–Trinajstić information content (AvgIpc) is 2.71. The Balaban J connectivity index is 0.000000861. The Kier molecular flexibility index (Phi) is 10.7. The highest BCUT2D eigenvalue weighted by molar-refractivity contribution is 7.87. The summed E-state index contributed by atoms with van der Waals surface area (Å²) >= 11 is 6.05. The monoisotopic (exact) mass is 475 g/mol. The Morgan fingerprint density at radius 3 is 2.16 bits per heavy atom. The van der Waals surface area contributed by atoms with Gasteiger partial charge in [-0.1, -0.05) is 37.6 Å². The lowest BCUT2D eigenvalue weighted by Crippen LogP contribution is -2.39. The van der Waals surface area contributed by atoms with E-state index < -0.39 is 27.5 Å². The first kappa shape index (κ1) is 26.6. The summed E-state index contributed by atoms with van der Waals surface area (Å²) in [5.74, 6) is -1.50. The van der Waals surface area contributed by atoms with Gasteiger partial charge in [-0.3, -0.25) is 4.79 Å². The van der Waals surface area contributed by atoms with Gasteiger partial charge in [0.1, 0.15) is 11.6 Å². The lowest BCUT2D eigenvalue weighted by Gasteiger charge is -2.14. The van der Waals surface area contributed by atoms with Crippen LogP contribution in [0.4, 0.5) is 4.39 Å². The van der Waals surface area contributed by atoms with Crippen molar-refractivity contribution in [2.45, 2.75) is 13.8 Å². The van der Waals surface area contributed by atoms with Gasteiger partial charge in [-0.2, -0.15) is 12.7 Å². The third kappa shape index (κ3) is 7.98. The maximum atomic E-state index is 14.3. The number of nitrogens with one attached hydrogen (secondary N) is 2. The van der Waals surface area contributed by atoms with Gasteiger partial charge in [-0.05, 0) is 31.3 Å². The number of hydrogen-bond donors (Lipinski definition) is 2. The zero-order valence-electron chi connectivity index (χ0n) is 18.0. The Morgan fingerprint density at radius 2 is 1.68 bits per heavy atom. The van der Waals surface area contributed by atoms with Gasteiger partial charge >= 0.3 is 10.2 Å². The minimum Gasteiger partial charge on any atom is -0.493 e. The maximum Gasteiger partial charge on any atom is 0.303 e. The molecule has 0 aliphatic heterocycles. The molecule has 0 saturated carbocycles. The van der Waals surface area contributed by atoms with Gasteiger partial charge in [0, 0.05) is 20.2 Å². The molecule has 1 amide bonds. The standard InChI is InChI=1S/C16H16ClFN2O5S.C4H11N/c1-20(2)26(22,23)19-16(21)10-8-11(17)15(9-12(10)18)25-14-7-5-4-6-13(14)24-3;1-3-5-4-2/h4-9H,1-3H3,(H,19,21);5H,3-4H2,1-2H3. The smallest absolute Gasteiger partial charge is 0.303 e. The summed E-state index contributed by atoms with van der Waals surface area (Å²) in [5.41, 5.74) is -0.534. The molecule has 0 spiro atoms. The van der Waals surface area contributed by atoms with Crippen LogP contribution < -0.4 is 19.5 Å². The summed E-state index contributed by atoms with van der Waals surface area (Å²) < 4.78 is 50.8. The Bertz CT molecular complexity index is 985. The fourth-order valence-electron chi connectivity index (χ4n) is 2.12. The molecule has 2 N–H and O–H groups in total. The van der Waals surface area contributed by atoms with Gasteiger partial charge in [0.2, 0.25) is 0 Å². The van der Waals surface area contributed by atoms with Gasteiger partial charge in [0.15, 0.2) is 11.5 Å². The topological polar surface area (TPSA) is 97.0 Å². The molecule has 0 aliphatic carbocycles. The maximum absolute atomic E-state index is 14.3. The lowest BCUT2D eigenvalue weighted by atomic mass is 10.2. The lowest BCUT2D eigenvalue weighted by molar-refractivity contribution is 0.0975. The average molecular weight is 476 g/mol. The van der Waals surface area contributed by atoms with Crippen LogP contribution in [0.25, 0.3) is 0 Å². The second-order valence-electron chi connectivity index (χ2n) is 6.19. The number of amides is 1. The molecule has 8 nitrogen and oxygen atoms in total. The van der Waals surface area contributed by atoms with Crippen LogP contribution in [0.5, 0.6) is 17.2 Å².